The van der Waals surface area contributed by atoms with Crippen LogP contribution >= 0.6 is 23.2 Å². The highest BCUT2D eigenvalue weighted by Crippen LogP contribution is 2.42. The molecule has 1 saturated carbocycles. The molecule has 0 spiro atoms. The lowest BCUT2D eigenvalue weighted by Crippen LogP contribution is -2.17. The number of tetrazole rings is 1. The number of rotatable bonds is 2. The molecule has 0 bridgehead atoms. The van der Waals surface area contributed by atoms with Crippen LogP contribution in [0.2, 0.25) is 10.0 Å². The van der Waals surface area contributed by atoms with Crippen molar-refractivity contribution in [2.24, 2.45) is 11.8 Å². The maximum Gasteiger partial charge on any atom is 0.183 e. The molecule has 0 amide bonds. The van der Waals surface area contributed by atoms with Gasteiger partial charge in [0, 0.05) is 11.3 Å². The lowest BCUT2D eigenvalue weighted by molar-refractivity contribution is 0.328. The third-order valence-electron chi connectivity index (χ3n) is 4.52. The number of nitrogens with two attached hydrogens (primary N) is 1. The van der Waals surface area contributed by atoms with Crippen LogP contribution in [0.25, 0.3) is 11.4 Å². The molecule has 1 fully saturated rings. The monoisotopic (exact) mass is 325 g/mol. The molecule has 1 aromatic carbocycles. The van der Waals surface area contributed by atoms with Crippen molar-refractivity contribution in [2.45, 2.75) is 32.7 Å². The standard InChI is InChI=1S/C14H17Cl2N5/c1-7-3-4-12(8(7)2)21-14(18-19-20-21)10-5-9(17)6-11(15)13(10)16/h5-8,12H,3-4,17H2,1-2H3. The number of benzene rings is 1. The molecule has 5 nitrogen and oxygen atoms in total. The molecular weight excluding hydrogens is 309 g/mol. The maximum atomic E-state index is 6.30. The second kappa shape index (κ2) is 5.46. The Labute approximate surface area is 133 Å². The molecule has 3 atom stereocenters. The van der Waals surface area contributed by atoms with E-state index in [4.69, 9.17) is 28.9 Å². The number of halogens is 2. The van der Waals surface area contributed by atoms with Gasteiger partial charge in [-0.15, -0.1) is 5.10 Å². The molecule has 1 aliphatic carbocycles. The smallest absolute Gasteiger partial charge is 0.183 e. The normalized spacial score (nSPS) is 25.4. The number of nitrogen functional groups attached to an aromatic ring is 1. The fourth-order valence-corrected chi connectivity index (χ4v) is 3.47. The highest BCUT2D eigenvalue weighted by atomic mass is 35.5. The van der Waals surface area contributed by atoms with Gasteiger partial charge in [0.25, 0.3) is 0 Å². The highest BCUT2D eigenvalue weighted by Gasteiger charge is 2.34. The minimum atomic E-state index is 0.279. The number of hydrogen-bond donors (Lipinski definition) is 1. The van der Waals surface area contributed by atoms with Crippen molar-refractivity contribution in [3.63, 3.8) is 0 Å². The lowest BCUT2D eigenvalue weighted by atomic mass is 9.98. The summed E-state index contributed by atoms with van der Waals surface area (Å²) in [6.07, 6.45) is 2.24. The molecule has 0 aliphatic heterocycles. The summed E-state index contributed by atoms with van der Waals surface area (Å²) < 4.78 is 1.87. The van der Waals surface area contributed by atoms with Gasteiger partial charge in [0.15, 0.2) is 5.82 Å². The fraction of sp³-hybridized carbons (Fsp3) is 0.500. The molecule has 1 heterocycles. The summed E-state index contributed by atoms with van der Waals surface area (Å²) in [7, 11) is 0. The number of anilines is 1. The summed E-state index contributed by atoms with van der Waals surface area (Å²) in [6.45, 7) is 4.50. The first-order valence-corrected chi connectivity index (χ1v) is 7.77. The first-order chi connectivity index (χ1) is 9.99. The molecule has 2 N–H and O–H groups in total. The minimum Gasteiger partial charge on any atom is -0.399 e. The van der Waals surface area contributed by atoms with Crippen molar-refractivity contribution in [1.82, 2.24) is 20.2 Å². The molecular formula is C14H17Cl2N5. The molecule has 112 valence electrons. The van der Waals surface area contributed by atoms with E-state index in [1.165, 1.54) is 6.42 Å². The van der Waals surface area contributed by atoms with Gasteiger partial charge in [-0.3, -0.25) is 0 Å². The minimum absolute atomic E-state index is 0.279. The van der Waals surface area contributed by atoms with Crippen molar-refractivity contribution in [3.8, 4) is 11.4 Å². The van der Waals surface area contributed by atoms with Crippen molar-refractivity contribution < 1.29 is 0 Å². The van der Waals surface area contributed by atoms with E-state index >= 15 is 0 Å². The predicted octanol–water partition coefficient (Wildman–Crippen LogP) is 3.84. The molecule has 7 heteroatoms. The molecule has 3 unspecified atom stereocenters. The van der Waals surface area contributed by atoms with E-state index in [0.29, 0.717) is 39.0 Å². The van der Waals surface area contributed by atoms with Gasteiger partial charge in [0.2, 0.25) is 0 Å². The summed E-state index contributed by atoms with van der Waals surface area (Å²) in [5, 5.41) is 13.0. The van der Waals surface area contributed by atoms with Crippen LogP contribution in [0.15, 0.2) is 12.1 Å². The van der Waals surface area contributed by atoms with Gasteiger partial charge in [-0.05, 0) is 47.2 Å². The quantitative estimate of drug-likeness (QED) is 0.851. The van der Waals surface area contributed by atoms with Crippen LogP contribution in [0.1, 0.15) is 32.7 Å². The van der Waals surface area contributed by atoms with Crippen LogP contribution in [0.4, 0.5) is 5.69 Å². The Hall–Kier alpha value is -1.33. The van der Waals surface area contributed by atoms with Gasteiger partial charge in [-0.1, -0.05) is 37.0 Å². The summed E-state index contributed by atoms with van der Waals surface area (Å²) >= 11 is 12.4. The van der Waals surface area contributed by atoms with Crippen molar-refractivity contribution in [2.75, 3.05) is 5.73 Å². The van der Waals surface area contributed by atoms with Gasteiger partial charge in [0.05, 0.1) is 16.1 Å². The van der Waals surface area contributed by atoms with Crippen LogP contribution in [0.3, 0.4) is 0 Å². The van der Waals surface area contributed by atoms with Gasteiger partial charge < -0.3 is 5.73 Å². The zero-order valence-electron chi connectivity index (χ0n) is 11.9. The summed E-state index contributed by atoms with van der Waals surface area (Å²) in [6, 6.07) is 3.67. The van der Waals surface area contributed by atoms with E-state index < -0.39 is 0 Å². The molecule has 3 rings (SSSR count). The molecule has 0 radical (unpaired) electrons. The topological polar surface area (TPSA) is 69.6 Å². The molecule has 21 heavy (non-hydrogen) atoms. The maximum absolute atomic E-state index is 6.30. The van der Waals surface area contributed by atoms with Crippen LogP contribution < -0.4 is 5.73 Å². The van der Waals surface area contributed by atoms with Gasteiger partial charge in [0.1, 0.15) is 0 Å². The van der Waals surface area contributed by atoms with Crippen LogP contribution in [0, 0.1) is 11.8 Å². The van der Waals surface area contributed by atoms with E-state index in [1.54, 1.807) is 12.1 Å². The van der Waals surface area contributed by atoms with Crippen molar-refractivity contribution >= 4 is 28.9 Å². The predicted molar refractivity (Wildman–Crippen MR) is 84.3 cm³/mol. The summed E-state index contributed by atoms with van der Waals surface area (Å²) in [5.41, 5.74) is 7.09. The van der Waals surface area contributed by atoms with Crippen LogP contribution in [-0.4, -0.2) is 20.2 Å². The largest absolute Gasteiger partial charge is 0.399 e. The van der Waals surface area contributed by atoms with Gasteiger partial charge in [-0.2, -0.15) is 0 Å². The zero-order valence-corrected chi connectivity index (χ0v) is 13.4. The van der Waals surface area contributed by atoms with Gasteiger partial charge in [-0.25, -0.2) is 4.68 Å². The Balaban J connectivity index is 2.08. The van der Waals surface area contributed by atoms with E-state index in [-0.39, 0.29) is 6.04 Å². The van der Waals surface area contributed by atoms with Crippen LogP contribution in [0.5, 0.6) is 0 Å². The first-order valence-electron chi connectivity index (χ1n) is 7.01. The van der Waals surface area contributed by atoms with E-state index in [0.717, 1.165) is 6.42 Å². The van der Waals surface area contributed by atoms with Gasteiger partial charge >= 0.3 is 0 Å². The Morgan fingerprint density at radius 2 is 2.00 bits per heavy atom. The van der Waals surface area contributed by atoms with Crippen LogP contribution in [-0.2, 0) is 0 Å². The fourth-order valence-electron chi connectivity index (χ4n) is 3.05. The summed E-state index contributed by atoms with van der Waals surface area (Å²) in [5.74, 6) is 1.80. The number of hydrogen-bond acceptors (Lipinski definition) is 4. The molecule has 1 aromatic heterocycles. The molecule has 2 aromatic rings. The average molecular weight is 326 g/mol. The molecule has 0 saturated heterocycles. The average Bonchev–Trinajstić information content (AvgIpc) is 3.02. The summed E-state index contributed by atoms with van der Waals surface area (Å²) in [4.78, 5) is 0. The third kappa shape index (κ3) is 2.49. The van der Waals surface area contributed by atoms with E-state index in [9.17, 15) is 0 Å². The first kappa shape index (κ1) is 14.6. The van der Waals surface area contributed by atoms with E-state index in [1.807, 2.05) is 4.68 Å². The second-order valence-electron chi connectivity index (χ2n) is 5.79. The number of aromatic nitrogens is 4. The number of nitrogens with zero attached hydrogens (tertiary/aromatic N) is 4. The SMILES string of the molecule is CC1CCC(n2nnnc2-c2cc(N)cc(Cl)c2Cl)C1C. The zero-order chi connectivity index (χ0) is 15.1. The van der Waals surface area contributed by atoms with E-state index in [2.05, 4.69) is 29.4 Å². The Kier molecular flexibility index (Phi) is 3.80. The third-order valence-corrected chi connectivity index (χ3v) is 5.32. The van der Waals surface area contributed by atoms with Crippen molar-refractivity contribution in [3.05, 3.63) is 22.2 Å². The Morgan fingerprint density at radius 3 is 2.67 bits per heavy atom. The highest BCUT2D eigenvalue weighted by molar-refractivity contribution is 6.43. The second-order valence-corrected chi connectivity index (χ2v) is 6.58. The van der Waals surface area contributed by atoms with Crippen molar-refractivity contribution in [1.29, 1.82) is 0 Å². The Morgan fingerprint density at radius 1 is 1.24 bits per heavy atom. The molecule has 1 aliphatic rings. The Bertz CT molecular complexity index is 669. The lowest BCUT2D eigenvalue weighted by Gasteiger charge is -2.19.